The van der Waals surface area contributed by atoms with E-state index >= 15 is 0 Å². The number of benzene rings is 8. The molecule has 0 saturated carbocycles. The Kier molecular flexibility index (Phi) is 6.64. The van der Waals surface area contributed by atoms with E-state index in [1.54, 1.807) is 0 Å². The first-order chi connectivity index (χ1) is 25.7. The van der Waals surface area contributed by atoms with Crippen molar-refractivity contribution in [2.24, 2.45) is 0 Å². The molecular weight excluding hydrogens is 668 g/mol. The molecule has 10 aromatic rings. The summed E-state index contributed by atoms with van der Waals surface area (Å²) in [5, 5.41) is 11.3. The monoisotopic (exact) mass is 697 g/mol. The molecule has 3 heterocycles. The average Bonchev–Trinajstić information content (AvgIpc) is 3.60. The zero-order chi connectivity index (χ0) is 34.3. The normalized spacial score (nSPS) is 14.0. The van der Waals surface area contributed by atoms with Crippen LogP contribution in [0.3, 0.4) is 0 Å². The highest BCUT2D eigenvalue weighted by atomic mass is 32.1. The predicted octanol–water partition coefficient (Wildman–Crippen LogP) is 10.4. The summed E-state index contributed by atoms with van der Waals surface area (Å²) in [6.07, 6.45) is 0. The number of rotatable bonds is 3. The third-order valence-electron chi connectivity index (χ3n) is 10.4. The second-order valence-electron chi connectivity index (χ2n) is 13.4. The van der Waals surface area contributed by atoms with E-state index in [1.807, 2.05) is 11.3 Å². The van der Waals surface area contributed by atoms with Gasteiger partial charge in [-0.2, -0.15) is 0 Å². The Balaban J connectivity index is 1.40. The lowest BCUT2D eigenvalue weighted by Crippen LogP contribution is -2.38. The number of nitrogens with zero attached hydrogens (tertiary/aromatic N) is 3. The summed E-state index contributed by atoms with van der Waals surface area (Å²) in [6, 6.07) is 59.3. The van der Waals surface area contributed by atoms with Crippen LogP contribution >= 0.6 is 19.4 Å². The van der Waals surface area contributed by atoms with E-state index in [4.69, 9.17) is 9.97 Å². The average molecular weight is 698 g/mol. The summed E-state index contributed by atoms with van der Waals surface area (Å²) < 4.78 is 5.13. The molecule has 1 aliphatic rings. The fourth-order valence-electron chi connectivity index (χ4n) is 8.27. The van der Waals surface area contributed by atoms with Gasteiger partial charge in [-0.3, -0.25) is 4.67 Å². The number of hydrogen-bond donors (Lipinski definition) is 0. The van der Waals surface area contributed by atoms with Crippen LogP contribution in [0, 0.1) is 0 Å². The topological polar surface area (TPSA) is 29.0 Å². The molecule has 11 rings (SSSR count). The van der Waals surface area contributed by atoms with Gasteiger partial charge in [-0.15, -0.1) is 11.3 Å². The van der Waals surface area contributed by atoms with E-state index < -0.39 is 8.07 Å². The van der Waals surface area contributed by atoms with E-state index in [9.17, 15) is 0 Å². The number of thiophene rings is 1. The SMILES string of the molecule is Bc1cc2ccccc2c2c1P(c1ccccc1)N(c1nc(-c3ccccc3)c3ccccc3n1)c1c-2c2ccccc2c2sc3ccccc3c12. The van der Waals surface area contributed by atoms with Gasteiger partial charge in [-0.05, 0) is 28.3 Å². The second kappa shape index (κ2) is 11.6. The number of aromatic nitrogens is 2. The second-order valence-corrected chi connectivity index (χ2v) is 16.5. The van der Waals surface area contributed by atoms with E-state index in [-0.39, 0.29) is 0 Å². The highest BCUT2D eigenvalue weighted by Crippen LogP contribution is 2.61. The van der Waals surface area contributed by atoms with Crippen molar-refractivity contribution in [2.45, 2.75) is 0 Å². The molecule has 0 amide bonds. The van der Waals surface area contributed by atoms with Gasteiger partial charge in [0.25, 0.3) is 0 Å². The summed E-state index contributed by atoms with van der Waals surface area (Å²) in [7, 11) is 1.10. The smallest absolute Gasteiger partial charge is 0.235 e. The van der Waals surface area contributed by atoms with Crippen molar-refractivity contribution in [2.75, 3.05) is 4.67 Å². The van der Waals surface area contributed by atoms with Crippen molar-refractivity contribution in [1.82, 2.24) is 9.97 Å². The molecule has 52 heavy (non-hydrogen) atoms. The van der Waals surface area contributed by atoms with Gasteiger partial charge >= 0.3 is 0 Å². The van der Waals surface area contributed by atoms with Crippen molar-refractivity contribution in [3.05, 3.63) is 164 Å². The van der Waals surface area contributed by atoms with Crippen molar-refractivity contribution in [3.8, 4) is 22.4 Å². The van der Waals surface area contributed by atoms with Gasteiger partial charge in [0.1, 0.15) is 7.85 Å². The number of fused-ring (bicyclic) bond motifs is 13. The molecule has 0 radical (unpaired) electrons. The summed E-state index contributed by atoms with van der Waals surface area (Å²) >= 11 is 1.89. The van der Waals surface area contributed by atoms with E-state index in [2.05, 4.69) is 176 Å². The highest BCUT2D eigenvalue weighted by molar-refractivity contribution is 7.75. The Bertz CT molecular complexity index is 3050. The molecule has 8 aromatic carbocycles. The summed E-state index contributed by atoms with van der Waals surface area (Å²) in [6.45, 7) is 0. The minimum Gasteiger partial charge on any atom is -0.279 e. The third-order valence-corrected chi connectivity index (χ3v) is 14.2. The molecule has 1 unspecified atom stereocenters. The number of para-hydroxylation sites is 1. The van der Waals surface area contributed by atoms with E-state index in [0.29, 0.717) is 0 Å². The fraction of sp³-hybridized carbons (Fsp3) is 0. The summed E-state index contributed by atoms with van der Waals surface area (Å²) in [5.74, 6) is 0.721. The molecule has 0 N–H and O–H groups in total. The molecule has 0 saturated heterocycles. The first-order valence-electron chi connectivity index (χ1n) is 17.6. The van der Waals surface area contributed by atoms with Crippen LogP contribution in [0.2, 0.25) is 0 Å². The van der Waals surface area contributed by atoms with Crippen molar-refractivity contribution >= 4 is 108 Å². The van der Waals surface area contributed by atoms with Crippen LogP contribution in [-0.4, -0.2) is 17.8 Å². The molecule has 2 aromatic heterocycles. The molecule has 1 atom stereocenters. The molecule has 242 valence electrons. The maximum atomic E-state index is 5.62. The summed E-state index contributed by atoms with van der Waals surface area (Å²) in [5.41, 5.74) is 8.02. The minimum atomic E-state index is -1.19. The largest absolute Gasteiger partial charge is 0.279 e. The Morgan fingerprint density at radius 3 is 2.00 bits per heavy atom. The van der Waals surface area contributed by atoms with Gasteiger partial charge in [0.2, 0.25) is 5.95 Å². The number of anilines is 2. The zero-order valence-corrected chi connectivity index (χ0v) is 30.0. The molecule has 3 nitrogen and oxygen atoms in total. The van der Waals surface area contributed by atoms with Crippen LogP contribution in [0.4, 0.5) is 11.6 Å². The molecule has 0 aliphatic carbocycles. The molecule has 0 bridgehead atoms. The molecule has 1 aliphatic heterocycles. The number of hydrogen-bond acceptors (Lipinski definition) is 4. The minimum absolute atomic E-state index is 0.721. The van der Waals surface area contributed by atoms with Crippen molar-refractivity contribution < 1.29 is 0 Å². The van der Waals surface area contributed by atoms with Crippen LogP contribution < -0.4 is 20.7 Å². The lowest BCUT2D eigenvalue weighted by Gasteiger charge is -2.41. The lowest BCUT2D eigenvalue weighted by atomic mass is 9.84. The van der Waals surface area contributed by atoms with Gasteiger partial charge in [0.05, 0.1) is 25.0 Å². The predicted molar refractivity (Wildman–Crippen MR) is 228 cm³/mol. The Morgan fingerprint density at radius 1 is 0.558 bits per heavy atom. The van der Waals surface area contributed by atoms with Gasteiger partial charge in [0.15, 0.2) is 0 Å². The standard InChI is InChI=1S/C46H29BN3PS/c47-36-27-29-17-7-8-20-31(29)40-39-32-21-9-10-22-33(32)45-41(35-24-12-14-26-38(35)52-45)43(39)50(51(44(36)40)30-18-5-2-6-19-30)46-48-37-25-13-11-23-34(37)42(49-46)28-15-3-1-4-16-28/h1-27H,47H2. The highest BCUT2D eigenvalue weighted by Gasteiger charge is 2.40. The quantitative estimate of drug-likeness (QED) is 0.136. The first kappa shape index (κ1) is 29.8. The van der Waals surface area contributed by atoms with Gasteiger partial charge in [-0.25, -0.2) is 9.97 Å². The first-order valence-corrected chi connectivity index (χ1v) is 19.7. The Morgan fingerprint density at radius 2 is 1.19 bits per heavy atom. The molecule has 0 spiro atoms. The molecular formula is C46H29BN3PS. The van der Waals surface area contributed by atoms with Crippen molar-refractivity contribution in [3.63, 3.8) is 0 Å². The van der Waals surface area contributed by atoms with Crippen molar-refractivity contribution in [1.29, 1.82) is 0 Å². The maximum absolute atomic E-state index is 5.62. The van der Waals surface area contributed by atoms with Crippen LogP contribution in [0.1, 0.15) is 0 Å². The Hall–Kier alpha value is -5.87. The maximum Gasteiger partial charge on any atom is 0.235 e. The van der Waals surface area contributed by atoms with Gasteiger partial charge < -0.3 is 0 Å². The molecule has 6 heteroatoms. The van der Waals surface area contributed by atoms with Crippen LogP contribution in [0.25, 0.3) is 75.0 Å². The third kappa shape index (κ3) is 4.30. The zero-order valence-electron chi connectivity index (χ0n) is 28.3. The van der Waals surface area contributed by atoms with Gasteiger partial charge in [0, 0.05) is 58.2 Å². The van der Waals surface area contributed by atoms with Gasteiger partial charge in [-0.1, -0.05) is 157 Å². The van der Waals surface area contributed by atoms with Crippen LogP contribution in [0.5, 0.6) is 0 Å². The van der Waals surface area contributed by atoms with E-state index in [0.717, 1.165) is 28.1 Å². The van der Waals surface area contributed by atoms with Crippen LogP contribution in [0.15, 0.2) is 164 Å². The summed E-state index contributed by atoms with van der Waals surface area (Å²) in [4.78, 5) is 11.1. The fourth-order valence-corrected chi connectivity index (χ4v) is 12.2. The lowest BCUT2D eigenvalue weighted by molar-refractivity contribution is 1.17. The Labute approximate surface area is 307 Å². The van der Waals surface area contributed by atoms with Crippen LogP contribution in [-0.2, 0) is 0 Å². The molecule has 0 fully saturated rings. The van der Waals surface area contributed by atoms with E-state index in [1.165, 1.54) is 74.6 Å².